The van der Waals surface area contributed by atoms with Crippen LogP contribution in [0.5, 0.6) is 0 Å². The number of hydrogen-bond donors (Lipinski definition) is 4. The monoisotopic (exact) mass is 607 g/mol. The van der Waals surface area contributed by atoms with Crippen molar-refractivity contribution in [2.24, 2.45) is 11.7 Å². The molecule has 45 heavy (non-hydrogen) atoms. The molecule has 2 atom stereocenters. The average molecular weight is 608 g/mol. The summed E-state index contributed by atoms with van der Waals surface area (Å²) in [4.78, 5) is 40.4. The lowest BCUT2D eigenvalue weighted by Crippen LogP contribution is -2.31. The number of aromatic nitrogens is 4. The highest BCUT2D eigenvalue weighted by Crippen LogP contribution is 2.32. The van der Waals surface area contributed by atoms with Crippen molar-refractivity contribution in [1.82, 2.24) is 30.2 Å². The van der Waals surface area contributed by atoms with Crippen LogP contribution in [0, 0.1) is 17.8 Å². The molecule has 4 heterocycles. The van der Waals surface area contributed by atoms with E-state index >= 15 is 0 Å². The number of carbonyl (C=O) groups excluding carboxylic acids is 2. The van der Waals surface area contributed by atoms with E-state index in [2.05, 4.69) is 85.7 Å². The van der Waals surface area contributed by atoms with E-state index in [1.807, 2.05) is 41.6 Å². The standard InChI is InChI=1S/C33H36N6O.C2H5NO2/c1-22(2)17-31(40)39-16-6-12-30(39)33-36-21-29(38-33)26-10-4-8-24(19-26)14-13-23-7-3-9-25(18-23)28-20-35-32(37-28)27-11-5-15-34-27;1-5-2(3)4/h3-4,7-10,18-22,27,30,34H,5-6,11-12,15-17H2,1-2H3,(H,35,37)(H,36,38);1H3,(H2,3,4)/t27-,30-;/m0./s1. The maximum absolute atomic E-state index is 12.8. The van der Waals surface area contributed by atoms with Gasteiger partial charge in [-0.2, -0.15) is 0 Å². The Morgan fingerprint density at radius 1 is 0.956 bits per heavy atom. The number of amides is 2. The number of nitrogens with one attached hydrogen (secondary N) is 3. The van der Waals surface area contributed by atoms with Crippen LogP contribution in [0.1, 0.15) is 80.8 Å². The largest absolute Gasteiger partial charge is 0.453 e. The third-order valence-electron chi connectivity index (χ3n) is 7.95. The van der Waals surface area contributed by atoms with Crippen molar-refractivity contribution in [1.29, 1.82) is 0 Å². The molecule has 5 N–H and O–H groups in total. The molecule has 0 aliphatic carbocycles. The SMILES string of the molecule is CC(C)CC(=O)N1CCC[C@H]1c1ncc(-c2cccc(C#Cc3cccc(-c4cnc([C@@H]5CCCN5)[nH]4)c3)c2)[nH]1.COC(N)=O. The van der Waals surface area contributed by atoms with Crippen molar-refractivity contribution < 1.29 is 14.3 Å². The highest BCUT2D eigenvalue weighted by atomic mass is 16.5. The van der Waals surface area contributed by atoms with Crippen LogP contribution in [-0.4, -0.2) is 57.0 Å². The summed E-state index contributed by atoms with van der Waals surface area (Å²) in [5.74, 6) is 9.10. The van der Waals surface area contributed by atoms with Crippen molar-refractivity contribution in [3.8, 4) is 34.4 Å². The number of nitrogens with zero attached hydrogens (tertiary/aromatic N) is 3. The molecular weight excluding hydrogens is 566 g/mol. The summed E-state index contributed by atoms with van der Waals surface area (Å²) >= 11 is 0. The highest BCUT2D eigenvalue weighted by Gasteiger charge is 2.32. The van der Waals surface area contributed by atoms with Crippen LogP contribution < -0.4 is 11.1 Å². The molecule has 0 spiro atoms. The fourth-order valence-corrected chi connectivity index (χ4v) is 5.72. The molecule has 2 fully saturated rings. The molecule has 2 aliphatic heterocycles. The van der Waals surface area contributed by atoms with Gasteiger partial charge in [-0.3, -0.25) is 4.79 Å². The molecule has 10 nitrogen and oxygen atoms in total. The molecule has 2 saturated heterocycles. The number of hydrogen-bond acceptors (Lipinski definition) is 6. The third kappa shape index (κ3) is 8.19. The summed E-state index contributed by atoms with van der Waals surface area (Å²) in [7, 11) is 1.22. The Morgan fingerprint density at radius 3 is 2.11 bits per heavy atom. The summed E-state index contributed by atoms with van der Waals surface area (Å²) < 4.78 is 3.89. The first-order chi connectivity index (χ1) is 21.8. The molecule has 0 radical (unpaired) electrons. The molecule has 2 aliphatic rings. The van der Waals surface area contributed by atoms with Gasteiger partial charge in [-0.25, -0.2) is 14.8 Å². The second-order valence-electron chi connectivity index (χ2n) is 11.8. The Bertz CT molecular complexity index is 1670. The first kappa shape index (κ1) is 31.5. The molecule has 4 aromatic rings. The molecule has 0 bridgehead atoms. The number of nitrogens with two attached hydrogens (primary N) is 1. The van der Waals surface area contributed by atoms with Gasteiger partial charge in [-0.15, -0.1) is 0 Å². The number of primary amides is 1. The first-order valence-electron chi connectivity index (χ1n) is 15.5. The first-order valence-corrected chi connectivity index (χ1v) is 15.5. The Labute approximate surface area is 264 Å². The van der Waals surface area contributed by atoms with E-state index in [4.69, 9.17) is 0 Å². The summed E-state index contributed by atoms with van der Waals surface area (Å²) in [6.45, 7) is 6.03. The Balaban J connectivity index is 0.000000743. The number of ether oxygens (including phenoxy) is 1. The summed E-state index contributed by atoms with van der Waals surface area (Å²) in [5, 5.41) is 3.49. The second kappa shape index (κ2) is 14.7. The summed E-state index contributed by atoms with van der Waals surface area (Å²) in [6, 6.07) is 16.8. The lowest BCUT2D eigenvalue weighted by molar-refractivity contribution is -0.133. The molecule has 0 saturated carbocycles. The third-order valence-corrected chi connectivity index (χ3v) is 7.95. The summed E-state index contributed by atoms with van der Waals surface area (Å²) in [5.41, 5.74) is 10.4. The molecule has 0 unspecified atom stereocenters. The zero-order valence-corrected chi connectivity index (χ0v) is 26.1. The number of benzene rings is 2. The highest BCUT2D eigenvalue weighted by molar-refractivity contribution is 5.77. The number of aromatic amines is 2. The van der Waals surface area contributed by atoms with Gasteiger partial charge < -0.3 is 30.7 Å². The minimum absolute atomic E-state index is 0.0237. The van der Waals surface area contributed by atoms with Gasteiger partial charge in [0.2, 0.25) is 5.91 Å². The van der Waals surface area contributed by atoms with Gasteiger partial charge in [-0.1, -0.05) is 50.0 Å². The molecular formula is C35H41N7O3. The van der Waals surface area contributed by atoms with Gasteiger partial charge in [0.25, 0.3) is 0 Å². The summed E-state index contributed by atoms with van der Waals surface area (Å²) in [6.07, 6.45) is 7.87. The van der Waals surface area contributed by atoms with Gasteiger partial charge >= 0.3 is 6.09 Å². The molecule has 2 aromatic heterocycles. The van der Waals surface area contributed by atoms with E-state index < -0.39 is 6.09 Å². The van der Waals surface area contributed by atoms with E-state index in [-0.39, 0.29) is 11.9 Å². The second-order valence-corrected chi connectivity index (χ2v) is 11.8. The van der Waals surface area contributed by atoms with Crippen molar-refractivity contribution in [3.05, 3.63) is 83.7 Å². The van der Waals surface area contributed by atoms with Gasteiger partial charge in [0.1, 0.15) is 11.6 Å². The minimum Gasteiger partial charge on any atom is -0.453 e. The fourth-order valence-electron chi connectivity index (χ4n) is 5.72. The number of carbonyl (C=O) groups is 2. The molecule has 2 aromatic carbocycles. The minimum atomic E-state index is -0.745. The van der Waals surface area contributed by atoms with Crippen LogP contribution in [0.15, 0.2) is 60.9 Å². The average Bonchev–Trinajstić information content (AvgIpc) is 3.86. The smallest absolute Gasteiger partial charge is 0.404 e. The van der Waals surface area contributed by atoms with Crippen molar-refractivity contribution >= 4 is 12.0 Å². The molecule has 6 rings (SSSR count). The fraction of sp³-hybridized carbons (Fsp3) is 0.371. The number of methoxy groups -OCH3 is 1. The topological polar surface area (TPSA) is 142 Å². The molecule has 10 heteroatoms. The lowest BCUT2D eigenvalue weighted by Gasteiger charge is -2.24. The zero-order valence-electron chi connectivity index (χ0n) is 26.1. The van der Waals surface area contributed by atoms with Crippen LogP contribution in [0.3, 0.4) is 0 Å². The zero-order chi connectivity index (χ0) is 31.8. The van der Waals surface area contributed by atoms with Crippen LogP contribution in [0.4, 0.5) is 4.79 Å². The van der Waals surface area contributed by atoms with E-state index in [9.17, 15) is 9.59 Å². The number of likely N-dealkylation sites (tertiary alicyclic amines) is 1. The predicted molar refractivity (Wildman–Crippen MR) is 174 cm³/mol. The Morgan fingerprint density at radius 2 is 1.56 bits per heavy atom. The van der Waals surface area contributed by atoms with Gasteiger partial charge in [0, 0.05) is 35.2 Å². The normalized spacial score (nSPS) is 17.4. The lowest BCUT2D eigenvalue weighted by atomic mass is 10.1. The maximum atomic E-state index is 12.8. The van der Waals surface area contributed by atoms with E-state index in [0.29, 0.717) is 18.4 Å². The maximum Gasteiger partial charge on any atom is 0.404 e. The molecule has 234 valence electrons. The van der Waals surface area contributed by atoms with Crippen LogP contribution in [-0.2, 0) is 9.53 Å². The molecule has 2 amide bonds. The van der Waals surface area contributed by atoms with Crippen LogP contribution in [0.2, 0.25) is 0 Å². The van der Waals surface area contributed by atoms with E-state index in [1.165, 1.54) is 13.5 Å². The van der Waals surface area contributed by atoms with E-state index in [1.54, 1.807) is 0 Å². The van der Waals surface area contributed by atoms with Gasteiger partial charge in [0.15, 0.2) is 0 Å². The van der Waals surface area contributed by atoms with Gasteiger partial charge in [0.05, 0.1) is 43.0 Å². The number of H-pyrrole nitrogens is 2. The van der Waals surface area contributed by atoms with Crippen molar-refractivity contribution in [3.63, 3.8) is 0 Å². The number of imidazole rings is 2. The predicted octanol–water partition coefficient (Wildman–Crippen LogP) is 5.71. The number of rotatable bonds is 6. The van der Waals surface area contributed by atoms with Crippen molar-refractivity contribution in [2.45, 2.75) is 58.0 Å². The Kier molecular flexibility index (Phi) is 10.3. The van der Waals surface area contributed by atoms with Crippen LogP contribution >= 0.6 is 0 Å². The quantitative estimate of drug-likeness (QED) is 0.207. The van der Waals surface area contributed by atoms with Gasteiger partial charge in [-0.05, 0) is 62.4 Å². The Hall–Kier alpha value is -4.88. The van der Waals surface area contributed by atoms with Crippen LogP contribution in [0.25, 0.3) is 22.5 Å². The van der Waals surface area contributed by atoms with Crippen molar-refractivity contribution in [2.75, 3.05) is 20.2 Å². The van der Waals surface area contributed by atoms with E-state index in [0.717, 1.165) is 77.6 Å².